The SMILES string of the molecule is O=C(CN(c1ccc(Oc2ccccc2)cc1)S(=O)(=O)c1ccccc1)Nc1ccc(S(=O)(=O)Nc2ccc(Br)cc2)cc1. The van der Waals surface area contributed by atoms with Crippen molar-refractivity contribution in [1.29, 1.82) is 0 Å². The van der Waals surface area contributed by atoms with Gasteiger partial charge in [-0.15, -0.1) is 0 Å². The fourth-order valence-electron chi connectivity index (χ4n) is 4.12. The maximum absolute atomic E-state index is 13.7. The first-order chi connectivity index (χ1) is 21.1. The van der Waals surface area contributed by atoms with Gasteiger partial charge in [-0.05, 0) is 97.1 Å². The Morgan fingerprint density at radius 2 is 1.18 bits per heavy atom. The average Bonchev–Trinajstić information content (AvgIpc) is 3.02. The molecule has 0 heterocycles. The van der Waals surface area contributed by atoms with E-state index >= 15 is 0 Å². The summed E-state index contributed by atoms with van der Waals surface area (Å²) in [6.07, 6.45) is 0. The Labute approximate surface area is 264 Å². The molecule has 5 aromatic rings. The van der Waals surface area contributed by atoms with Gasteiger partial charge in [-0.1, -0.05) is 52.3 Å². The molecule has 0 unspecified atom stereocenters. The number of nitrogens with one attached hydrogen (secondary N) is 2. The molecule has 0 aliphatic carbocycles. The number of benzene rings is 5. The minimum atomic E-state index is -4.13. The fourth-order valence-corrected chi connectivity index (χ4v) is 6.89. The second-order valence-corrected chi connectivity index (χ2v) is 13.9. The second-order valence-electron chi connectivity index (χ2n) is 9.42. The van der Waals surface area contributed by atoms with Crippen LogP contribution >= 0.6 is 15.9 Å². The number of carbonyl (C=O) groups excluding carboxylic acids is 1. The number of carbonyl (C=O) groups is 1. The van der Waals surface area contributed by atoms with E-state index in [9.17, 15) is 21.6 Å². The molecule has 9 nitrogen and oxygen atoms in total. The first-order valence-corrected chi connectivity index (χ1v) is 16.9. The Balaban J connectivity index is 1.33. The summed E-state index contributed by atoms with van der Waals surface area (Å²) in [7, 11) is -8.01. The summed E-state index contributed by atoms with van der Waals surface area (Å²) >= 11 is 3.31. The van der Waals surface area contributed by atoms with Crippen LogP contribution in [0.25, 0.3) is 0 Å². The number of nitrogens with zero attached hydrogens (tertiary/aromatic N) is 1. The van der Waals surface area contributed by atoms with Gasteiger partial charge in [0.25, 0.3) is 20.0 Å². The summed E-state index contributed by atoms with van der Waals surface area (Å²) in [6.45, 7) is -0.540. The quantitative estimate of drug-likeness (QED) is 0.156. The topological polar surface area (TPSA) is 122 Å². The van der Waals surface area contributed by atoms with Crippen molar-refractivity contribution in [2.45, 2.75) is 9.79 Å². The molecular formula is C32H26BrN3O6S2. The van der Waals surface area contributed by atoms with Crippen molar-refractivity contribution in [3.63, 3.8) is 0 Å². The summed E-state index contributed by atoms with van der Waals surface area (Å²) in [5, 5.41) is 2.65. The Hall–Kier alpha value is -4.65. The van der Waals surface area contributed by atoms with Crippen LogP contribution in [0.4, 0.5) is 17.1 Å². The summed E-state index contributed by atoms with van der Waals surface area (Å²) in [6, 6.07) is 35.5. The lowest BCUT2D eigenvalue weighted by Gasteiger charge is -2.24. The van der Waals surface area contributed by atoms with Crippen LogP contribution in [-0.4, -0.2) is 29.3 Å². The summed E-state index contributed by atoms with van der Waals surface area (Å²) in [5.74, 6) is 0.486. The number of rotatable bonds is 11. The molecule has 0 saturated carbocycles. The van der Waals surface area contributed by atoms with Crippen molar-refractivity contribution in [3.8, 4) is 11.5 Å². The van der Waals surface area contributed by atoms with E-state index in [4.69, 9.17) is 4.74 Å². The minimum Gasteiger partial charge on any atom is -0.457 e. The third-order valence-corrected chi connectivity index (χ3v) is 9.98. The summed E-state index contributed by atoms with van der Waals surface area (Å²) in [4.78, 5) is 13.2. The molecule has 0 aliphatic rings. The van der Waals surface area contributed by atoms with Gasteiger partial charge in [0.2, 0.25) is 5.91 Å². The van der Waals surface area contributed by atoms with E-state index in [1.807, 2.05) is 18.2 Å². The molecule has 0 fully saturated rings. The average molecular weight is 693 g/mol. The molecule has 0 saturated heterocycles. The van der Waals surface area contributed by atoms with Gasteiger partial charge in [-0.3, -0.25) is 13.8 Å². The first-order valence-electron chi connectivity index (χ1n) is 13.2. The van der Waals surface area contributed by atoms with E-state index in [0.717, 1.165) is 8.78 Å². The second kappa shape index (κ2) is 13.3. The zero-order valence-corrected chi connectivity index (χ0v) is 26.2. The molecule has 0 aliphatic heterocycles. The van der Waals surface area contributed by atoms with E-state index in [1.54, 1.807) is 78.9 Å². The minimum absolute atomic E-state index is 0.00971. The molecule has 0 aromatic heterocycles. The monoisotopic (exact) mass is 691 g/mol. The fraction of sp³-hybridized carbons (Fsp3) is 0.0312. The Kier molecular flexibility index (Phi) is 9.33. The molecule has 0 atom stereocenters. The molecular weight excluding hydrogens is 666 g/mol. The molecule has 0 radical (unpaired) electrons. The van der Waals surface area contributed by atoms with Crippen LogP contribution in [-0.2, 0) is 24.8 Å². The molecule has 0 bridgehead atoms. The van der Waals surface area contributed by atoms with Crippen LogP contribution in [0.15, 0.2) is 148 Å². The van der Waals surface area contributed by atoms with Crippen LogP contribution in [0.5, 0.6) is 11.5 Å². The van der Waals surface area contributed by atoms with Crippen molar-refractivity contribution in [2.75, 3.05) is 20.9 Å². The van der Waals surface area contributed by atoms with Crippen molar-refractivity contribution in [2.24, 2.45) is 0 Å². The number of ether oxygens (including phenoxy) is 1. The number of anilines is 3. The number of sulfonamides is 2. The predicted octanol–water partition coefficient (Wildman–Crippen LogP) is 6.88. The maximum Gasteiger partial charge on any atom is 0.264 e. The van der Waals surface area contributed by atoms with E-state index in [-0.39, 0.29) is 15.5 Å². The van der Waals surface area contributed by atoms with Crippen molar-refractivity contribution in [1.82, 2.24) is 0 Å². The lowest BCUT2D eigenvalue weighted by Crippen LogP contribution is -2.38. The predicted molar refractivity (Wildman–Crippen MR) is 174 cm³/mol. The van der Waals surface area contributed by atoms with Gasteiger partial charge in [-0.25, -0.2) is 16.8 Å². The Morgan fingerprint density at radius 1 is 0.636 bits per heavy atom. The third kappa shape index (κ3) is 7.64. The highest BCUT2D eigenvalue weighted by Crippen LogP contribution is 2.28. The van der Waals surface area contributed by atoms with E-state index in [0.29, 0.717) is 22.9 Å². The number of halogens is 1. The molecule has 12 heteroatoms. The van der Waals surface area contributed by atoms with Crippen LogP contribution in [0.3, 0.4) is 0 Å². The van der Waals surface area contributed by atoms with Gasteiger partial charge in [0.1, 0.15) is 18.0 Å². The lowest BCUT2D eigenvalue weighted by atomic mass is 10.3. The number of amides is 1. The van der Waals surface area contributed by atoms with E-state index < -0.39 is 32.5 Å². The van der Waals surface area contributed by atoms with Gasteiger partial charge in [-0.2, -0.15) is 0 Å². The lowest BCUT2D eigenvalue weighted by molar-refractivity contribution is -0.114. The smallest absolute Gasteiger partial charge is 0.264 e. The van der Waals surface area contributed by atoms with Gasteiger partial charge >= 0.3 is 0 Å². The molecule has 5 rings (SSSR count). The largest absolute Gasteiger partial charge is 0.457 e. The van der Waals surface area contributed by atoms with Crippen molar-refractivity contribution in [3.05, 3.63) is 138 Å². The first kappa shape index (κ1) is 30.8. The summed E-state index contributed by atoms with van der Waals surface area (Å²) in [5.41, 5.74) is 0.941. The van der Waals surface area contributed by atoms with Gasteiger partial charge < -0.3 is 10.1 Å². The Morgan fingerprint density at radius 3 is 1.80 bits per heavy atom. The number of hydrogen-bond acceptors (Lipinski definition) is 6. The third-order valence-electron chi connectivity index (χ3n) is 6.27. The molecule has 224 valence electrons. The summed E-state index contributed by atoms with van der Waals surface area (Å²) < 4.78 is 63.1. The highest BCUT2D eigenvalue weighted by atomic mass is 79.9. The molecule has 2 N–H and O–H groups in total. The normalized spacial score (nSPS) is 11.4. The van der Waals surface area contributed by atoms with Crippen molar-refractivity contribution < 1.29 is 26.4 Å². The Bertz CT molecular complexity index is 1940. The van der Waals surface area contributed by atoms with Crippen LogP contribution in [0.1, 0.15) is 0 Å². The highest BCUT2D eigenvalue weighted by Gasteiger charge is 2.27. The van der Waals surface area contributed by atoms with Crippen LogP contribution in [0, 0.1) is 0 Å². The van der Waals surface area contributed by atoms with Crippen LogP contribution in [0.2, 0.25) is 0 Å². The highest BCUT2D eigenvalue weighted by molar-refractivity contribution is 9.10. The number of hydrogen-bond donors (Lipinski definition) is 2. The van der Waals surface area contributed by atoms with Crippen molar-refractivity contribution >= 4 is 58.9 Å². The zero-order valence-electron chi connectivity index (χ0n) is 23.0. The number of para-hydroxylation sites is 1. The van der Waals surface area contributed by atoms with E-state index in [2.05, 4.69) is 26.0 Å². The van der Waals surface area contributed by atoms with Gasteiger partial charge in [0.15, 0.2) is 0 Å². The molecule has 0 spiro atoms. The standard InChI is InChI=1S/C32H26BrN3O6S2/c33-24-11-13-26(14-12-24)35-43(38,39)30-21-15-25(16-22-30)34-32(37)23-36(44(40,41)31-9-5-2-6-10-31)27-17-19-29(20-18-27)42-28-7-3-1-4-8-28/h1-22,35H,23H2,(H,34,37). The molecule has 1 amide bonds. The van der Waals surface area contributed by atoms with Gasteiger partial charge in [0, 0.05) is 15.8 Å². The molecule has 5 aromatic carbocycles. The molecule has 44 heavy (non-hydrogen) atoms. The van der Waals surface area contributed by atoms with E-state index in [1.165, 1.54) is 36.4 Å². The van der Waals surface area contributed by atoms with Gasteiger partial charge in [0.05, 0.1) is 15.5 Å². The maximum atomic E-state index is 13.7. The van der Waals surface area contributed by atoms with Crippen LogP contribution < -0.4 is 19.1 Å². The zero-order chi connectivity index (χ0) is 31.2.